The molecule has 1 fully saturated rings. The minimum atomic E-state index is 0.133. The van der Waals surface area contributed by atoms with Crippen LogP contribution in [0.5, 0.6) is 0 Å². The second-order valence-corrected chi connectivity index (χ2v) is 6.01. The topological polar surface area (TPSA) is 39.2 Å². The zero-order valence-electron chi connectivity index (χ0n) is 12.0. The van der Waals surface area contributed by atoms with Crippen LogP contribution in [0.15, 0.2) is 22.6 Å². The third kappa shape index (κ3) is 1.90. The minimum Gasteiger partial charge on any atom is -0.461 e. The zero-order chi connectivity index (χ0) is 13.5. The Morgan fingerprint density at radius 2 is 1.89 bits per heavy atom. The molecule has 2 nitrogen and oxygen atoms in total. The molecule has 0 spiro atoms. The lowest BCUT2D eigenvalue weighted by atomic mass is 9.69. The number of aryl methyl sites for hydroxylation is 2. The van der Waals surface area contributed by atoms with Crippen molar-refractivity contribution in [3.63, 3.8) is 0 Å². The van der Waals surface area contributed by atoms with Crippen LogP contribution < -0.4 is 5.73 Å². The fourth-order valence-corrected chi connectivity index (χ4v) is 3.59. The van der Waals surface area contributed by atoms with Gasteiger partial charge in [0, 0.05) is 22.9 Å². The Hall–Kier alpha value is -1.28. The van der Waals surface area contributed by atoms with E-state index in [1.165, 1.54) is 48.6 Å². The molecule has 2 N–H and O–H groups in total. The summed E-state index contributed by atoms with van der Waals surface area (Å²) in [6.45, 7) is 4.92. The standard InChI is InChI=1S/C17H23NO/c1-12-13(2)19-16-14(12)7-6-8-15(16)17(11-18)9-4-3-5-10-17/h6-8H,3-5,9-11,18H2,1-2H3. The molecule has 1 saturated carbocycles. The van der Waals surface area contributed by atoms with E-state index >= 15 is 0 Å². The van der Waals surface area contributed by atoms with Gasteiger partial charge in [-0.15, -0.1) is 0 Å². The summed E-state index contributed by atoms with van der Waals surface area (Å²) in [7, 11) is 0. The van der Waals surface area contributed by atoms with Crippen molar-refractivity contribution in [1.29, 1.82) is 0 Å². The summed E-state index contributed by atoms with van der Waals surface area (Å²) in [4.78, 5) is 0. The van der Waals surface area contributed by atoms with Crippen molar-refractivity contribution in [1.82, 2.24) is 0 Å². The van der Waals surface area contributed by atoms with Crippen LogP contribution in [0.4, 0.5) is 0 Å². The number of nitrogens with two attached hydrogens (primary N) is 1. The normalized spacial score (nSPS) is 18.9. The van der Waals surface area contributed by atoms with Crippen molar-refractivity contribution in [2.75, 3.05) is 6.54 Å². The van der Waals surface area contributed by atoms with E-state index in [0.717, 1.165) is 17.9 Å². The van der Waals surface area contributed by atoms with Gasteiger partial charge in [-0.2, -0.15) is 0 Å². The van der Waals surface area contributed by atoms with Crippen molar-refractivity contribution in [2.24, 2.45) is 5.73 Å². The SMILES string of the molecule is Cc1oc2c(C3(CN)CCCCC3)cccc2c1C. The maximum Gasteiger partial charge on any atom is 0.138 e. The van der Waals surface area contributed by atoms with E-state index in [0.29, 0.717) is 0 Å². The third-order valence-electron chi connectivity index (χ3n) is 4.98. The predicted octanol–water partition coefficient (Wildman–Crippen LogP) is 4.21. The monoisotopic (exact) mass is 257 g/mol. The summed E-state index contributed by atoms with van der Waals surface area (Å²) >= 11 is 0. The van der Waals surface area contributed by atoms with Crippen LogP contribution in [0.2, 0.25) is 0 Å². The highest BCUT2D eigenvalue weighted by Gasteiger charge is 2.35. The summed E-state index contributed by atoms with van der Waals surface area (Å²) in [5, 5.41) is 1.26. The number of rotatable bonds is 2. The van der Waals surface area contributed by atoms with E-state index in [2.05, 4.69) is 32.0 Å². The lowest BCUT2D eigenvalue weighted by molar-refractivity contribution is 0.300. The molecule has 0 saturated heterocycles. The summed E-state index contributed by atoms with van der Waals surface area (Å²) in [5.41, 5.74) is 9.97. The van der Waals surface area contributed by atoms with Crippen LogP contribution in [0.25, 0.3) is 11.0 Å². The van der Waals surface area contributed by atoms with Gasteiger partial charge in [-0.25, -0.2) is 0 Å². The van der Waals surface area contributed by atoms with Gasteiger partial charge in [0.1, 0.15) is 11.3 Å². The van der Waals surface area contributed by atoms with Gasteiger partial charge in [-0.05, 0) is 32.3 Å². The number of benzene rings is 1. The average Bonchev–Trinajstić information content (AvgIpc) is 2.75. The van der Waals surface area contributed by atoms with Gasteiger partial charge < -0.3 is 10.2 Å². The molecule has 0 radical (unpaired) electrons. The number of hydrogen-bond acceptors (Lipinski definition) is 2. The lowest BCUT2D eigenvalue weighted by Crippen LogP contribution is -2.37. The number of hydrogen-bond donors (Lipinski definition) is 1. The van der Waals surface area contributed by atoms with E-state index < -0.39 is 0 Å². The Morgan fingerprint density at radius 3 is 2.58 bits per heavy atom. The first kappa shape index (κ1) is 12.7. The summed E-state index contributed by atoms with van der Waals surface area (Å²) in [6, 6.07) is 6.55. The molecule has 0 atom stereocenters. The second-order valence-electron chi connectivity index (χ2n) is 6.01. The highest BCUT2D eigenvalue weighted by molar-refractivity contribution is 5.85. The predicted molar refractivity (Wildman–Crippen MR) is 79.5 cm³/mol. The first-order valence-corrected chi connectivity index (χ1v) is 7.37. The Bertz CT molecular complexity index is 591. The number of fused-ring (bicyclic) bond motifs is 1. The van der Waals surface area contributed by atoms with Gasteiger partial charge in [-0.1, -0.05) is 37.5 Å². The smallest absolute Gasteiger partial charge is 0.138 e. The van der Waals surface area contributed by atoms with Gasteiger partial charge in [0.05, 0.1) is 0 Å². The van der Waals surface area contributed by atoms with Crippen LogP contribution >= 0.6 is 0 Å². The summed E-state index contributed by atoms with van der Waals surface area (Å²) in [6.07, 6.45) is 6.30. The van der Waals surface area contributed by atoms with E-state index in [4.69, 9.17) is 10.2 Å². The van der Waals surface area contributed by atoms with Crippen molar-refractivity contribution >= 4 is 11.0 Å². The van der Waals surface area contributed by atoms with E-state index in [1.807, 2.05) is 0 Å². The van der Waals surface area contributed by atoms with Crippen LogP contribution in [-0.4, -0.2) is 6.54 Å². The Kier molecular flexibility index (Phi) is 3.14. The summed E-state index contributed by atoms with van der Waals surface area (Å²) in [5.74, 6) is 1.03. The molecule has 1 aliphatic rings. The second kappa shape index (κ2) is 4.68. The lowest BCUT2D eigenvalue weighted by Gasteiger charge is -2.36. The number of furan rings is 1. The number of para-hydroxylation sites is 1. The van der Waals surface area contributed by atoms with Crippen molar-refractivity contribution < 1.29 is 4.42 Å². The average molecular weight is 257 g/mol. The fourth-order valence-electron chi connectivity index (χ4n) is 3.59. The molecular formula is C17H23NO. The van der Waals surface area contributed by atoms with Gasteiger partial charge >= 0.3 is 0 Å². The van der Waals surface area contributed by atoms with Gasteiger partial charge in [0.25, 0.3) is 0 Å². The molecule has 0 bridgehead atoms. The summed E-state index contributed by atoms with van der Waals surface area (Å²) < 4.78 is 6.05. The molecule has 3 rings (SSSR count). The van der Waals surface area contributed by atoms with Crippen LogP contribution in [-0.2, 0) is 5.41 Å². The first-order chi connectivity index (χ1) is 9.18. The molecular weight excluding hydrogens is 234 g/mol. The van der Waals surface area contributed by atoms with Crippen LogP contribution in [0.3, 0.4) is 0 Å². The quantitative estimate of drug-likeness (QED) is 0.875. The van der Waals surface area contributed by atoms with E-state index in [-0.39, 0.29) is 5.41 Å². The molecule has 0 unspecified atom stereocenters. The largest absolute Gasteiger partial charge is 0.461 e. The van der Waals surface area contributed by atoms with Gasteiger partial charge in [-0.3, -0.25) is 0 Å². The molecule has 2 aromatic rings. The van der Waals surface area contributed by atoms with E-state index in [1.54, 1.807) is 0 Å². The van der Waals surface area contributed by atoms with Crippen molar-refractivity contribution in [2.45, 2.75) is 51.4 Å². The third-order valence-corrected chi connectivity index (χ3v) is 4.98. The molecule has 19 heavy (non-hydrogen) atoms. The Labute approximate surface area is 115 Å². The van der Waals surface area contributed by atoms with Crippen LogP contribution in [0.1, 0.15) is 49.0 Å². The molecule has 1 aromatic heterocycles. The van der Waals surface area contributed by atoms with E-state index in [9.17, 15) is 0 Å². The highest BCUT2D eigenvalue weighted by atomic mass is 16.3. The highest BCUT2D eigenvalue weighted by Crippen LogP contribution is 2.42. The molecule has 0 aliphatic heterocycles. The van der Waals surface area contributed by atoms with Gasteiger partial charge in [0.2, 0.25) is 0 Å². The zero-order valence-corrected chi connectivity index (χ0v) is 12.0. The van der Waals surface area contributed by atoms with Crippen molar-refractivity contribution in [3.8, 4) is 0 Å². The van der Waals surface area contributed by atoms with Crippen molar-refractivity contribution in [3.05, 3.63) is 35.1 Å². The Morgan fingerprint density at radius 1 is 1.16 bits per heavy atom. The first-order valence-electron chi connectivity index (χ1n) is 7.37. The fraction of sp³-hybridized carbons (Fsp3) is 0.529. The molecule has 2 heteroatoms. The minimum absolute atomic E-state index is 0.133. The maximum absolute atomic E-state index is 6.16. The maximum atomic E-state index is 6.16. The van der Waals surface area contributed by atoms with Gasteiger partial charge in [0.15, 0.2) is 0 Å². The molecule has 102 valence electrons. The molecule has 1 heterocycles. The molecule has 0 amide bonds. The molecule has 1 aliphatic carbocycles. The van der Waals surface area contributed by atoms with Crippen LogP contribution in [0, 0.1) is 13.8 Å². The Balaban J connectivity index is 2.21. The molecule has 1 aromatic carbocycles.